The van der Waals surface area contributed by atoms with Gasteiger partial charge in [0, 0.05) is 25.2 Å². The zero-order valence-corrected chi connectivity index (χ0v) is 13.7. The predicted molar refractivity (Wildman–Crippen MR) is 87.2 cm³/mol. The Bertz CT molecular complexity index is 723. The highest BCUT2D eigenvalue weighted by atomic mass is 32.1. The Kier molecular flexibility index (Phi) is 3.19. The van der Waals surface area contributed by atoms with E-state index in [2.05, 4.69) is 27.3 Å². The minimum absolute atomic E-state index is 0.382. The van der Waals surface area contributed by atoms with Crippen molar-refractivity contribution in [3.05, 3.63) is 22.3 Å². The van der Waals surface area contributed by atoms with Gasteiger partial charge in [-0.15, -0.1) is 11.3 Å². The number of hydrogen-bond acceptors (Lipinski definition) is 6. The van der Waals surface area contributed by atoms with Crippen LogP contribution in [0.4, 0.5) is 5.13 Å². The van der Waals surface area contributed by atoms with E-state index in [0.29, 0.717) is 6.04 Å². The maximum atomic E-state index is 4.84. The molecule has 0 aliphatic carbocycles. The van der Waals surface area contributed by atoms with Crippen LogP contribution in [0, 0.1) is 6.92 Å². The van der Waals surface area contributed by atoms with Crippen LogP contribution in [0.25, 0.3) is 10.3 Å². The summed E-state index contributed by atoms with van der Waals surface area (Å²) in [6.45, 7) is 3.12. The SMILES string of the molecule is Cc1nn(C)c2nc(N3CCCC[C@@H]3c3nccs3)sc12. The number of thiazole rings is 2. The quantitative estimate of drug-likeness (QED) is 0.725. The van der Waals surface area contributed by atoms with Crippen LogP contribution in [-0.4, -0.2) is 26.3 Å². The molecule has 0 amide bonds. The fraction of sp³-hybridized carbons (Fsp3) is 0.500. The molecule has 7 heteroatoms. The van der Waals surface area contributed by atoms with Crippen molar-refractivity contribution < 1.29 is 0 Å². The third-order valence-electron chi connectivity index (χ3n) is 4.02. The minimum Gasteiger partial charge on any atom is -0.339 e. The van der Waals surface area contributed by atoms with E-state index < -0.39 is 0 Å². The monoisotopic (exact) mass is 319 g/mol. The number of aromatic nitrogens is 4. The molecular formula is C14H17N5S2. The fourth-order valence-corrected chi connectivity index (χ4v) is 4.91. The first-order valence-electron chi connectivity index (χ1n) is 7.20. The normalized spacial score (nSPS) is 19.5. The standard InChI is InChI=1S/C14H17N5S2/c1-9-11-12(18(2)17-9)16-14(21-11)19-7-4-3-5-10(19)13-15-6-8-20-13/h6,8,10H,3-5,7H2,1-2H3/t10-/m1/s1. The topological polar surface area (TPSA) is 46.8 Å². The Morgan fingerprint density at radius 3 is 3.00 bits per heavy atom. The van der Waals surface area contributed by atoms with Crippen molar-refractivity contribution >= 4 is 38.2 Å². The Balaban J connectivity index is 1.76. The van der Waals surface area contributed by atoms with E-state index >= 15 is 0 Å². The molecule has 0 N–H and O–H groups in total. The van der Waals surface area contributed by atoms with Crippen LogP contribution in [0.1, 0.15) is 36.0 Å². The summed E-state index contributed by atoms with van der Waals surface area (Å²) in [5.74, 6) is 0. The molecule has 1 atom stereocenters. The molecule has 1 aliphatic heterocycles. The summed E-state index contributed by atoms with van der Waals surface area (Å²) in [5.41, 5.74) is 2.06. The van der Waals surface area contributed by atoms with E-state index in [1.54, 1.807) is 22.7 Å². The first kappa shape index (κ1) is 13.2. The lowest BCUT2D eigenvalue weighted by molar-refractivity contribution is 0.471. The van der Waals surface area contributed by atoms with Gasteiger partial charge < -0.3 is 4.90 Å². The summed E-state index contributed by atoms with van der Waals surface area (Å²) in [7, 11) is 1.97. The van der Waals surface area contributed by atoms with Gasteiger partial charge in [0.2, 0.25) is 0 Å². The summed E-state index contributed by atoms with van der Waals surface area (Å²) >= 11 is 3.51. The highest BCUT2D eigenvalue weighted by Gasteiger charge is 2.29. The average molecular weight is 319 g/mol. The van der Waals surface area contributed by atoms with Gasteiger partial charge in [-0.2, -0.15) is 5.10 Å². The maximum Gasteiger partial charge on any atom is 0.188 e. The van der Waals surface area contributed by atoms with Crippen LogP contribution in [-0.2, 0) is 7.05 Å². The zero-order chi connectivity index (χ0) is 14.4. The minimum atomic E-state index is 0.382. The van der Waals surface area contributed by atoms with E-state index in [-0.39, 0.29) is 0 Å². The number of hydrogen-bond donors (Lipinski definition) is 0. The first-order valence-corrected chi connectivity index (χ1v) is 8.90. The van der Waals surface area contributed by atoms with Crippen molar-refractivity contribution in [2.24, 2.45) is 7.05 Å². The Morgan fingerprint density at radius 1 is 1.33 bits per heavy atom. The number of fused-ring (bicyclic) bond motifs is 1. The molecule has 5 nitrogen and oxygen atoms in total. The van der Waals surface area contributed by atoms with E-state index in [1.165, 1.54) is 29.0 Å². The van der Waals surface area contributed by atoms with Crippen molar-refractivity contribution in [2.45, 2.75) is 32.2 Å². The molecule has 0 radical (unpaired) electrons. The van der Waals surface area contributed by atoms with E-state index in [9.17, 15) is 0 Å². The average Bonchev–Trinajstić information content (AvgIpc) is 3.20. The van der Waals surface area contributed by atoms with Gasteiger partial charge in [0.25, 0.3) is 0 Å². The second-order valence-corrected chi connectivity index (χ2v) is 7.34. The van der Waals surface area contributed by atoms with Gasteiger partial charge in [0.15, 0.2) is 10.8 Å². The number of rotatable bonds is 2. The van der Waals surface area contributed by atoms with Crippen LogP contribution in [0.5, 0.6) is 0 Å². The summed E-state index contributed by atoms with van der Waals surface area (Å²) in [4.78, 5) is 11.8. The first-order chi connectivity index (χ1) is 10.2. The van der Waals surface area contributed by atoms with E-state index in [1.807, 2.05) is 17.9 Å². The van der Waals surface area contributed by atoms with Gasteiger partial charge in [-0.3, -0.25) is 0 Å². The fourth-order valence-electron chi connectivity index (χ4n) is 3.01. The van der Waals surface area contributed by atoms with E-state index in [4.69, 9.17) is 4.98 Å². The van der Waals surface area contributed by atoms with Crippen molar-refractivity contribution in [1.82, 2.24) is 19.7 Å². The molecule has 0 saturated carbocycles. The number of anilines is 1. The van der Waals surface area contributed by atoms with Crippen molar-refractivity contribution in [3.63, 3.8) is 0 Å². The summed E-state index contributed by atoms with van der Waals surface area (Å²) in [5, 5.41) is 8.83. The smallest absolute Gasteiger partial charge is 0.188 e. The van der Waals surface area contributed by atoms with Gasteiger partial charge in [0.05, 0.1) is 16.4 Å². The zero-order valence-electron chi connectivity index (χ0n) is 12.1. The van der Waals surface area contributed by atoms with Crippen molar-refractivity contribution in [2.75, 3.05) is 11.4 Å². The molecule has 110 valence electrons. The second kappa shape index (κ2) is 5.06. The molecule has 1 fully saturated rings. The van der Waals surface area contributed by atoms with Gasteiger partial charge >= 0.3 is 0 Å². The highest BCUT2D eigenvalue weighted by molar-refractivity contribution is 7.22. The number of aryl methyl sites for hydroxylation is 2. The lowest BCUT2D eigenvalue weighted by Crippen LogP contribution is -2.33. The summed E-state index contributed by atoms with van der Waals surface area (Å²) in [6.07, 6.45) is 5.57. The predicted octanol–water partition coefficient (Wildman–Crippen LogP) is 3.53. The molecule has 4 heterocycles. The number of nitrogens with zero attached hydrogens (tertiary/aromatic N) is 5. The van der Waals surface area contributed by atoms with E-state index in [0.717, 1.165) is 23.0 Å². The Morgan fingerprint density at radius 2 is 2.24 bits per heavy atom. The van der Waals surface area contributed by atoms with Gasteiger partial charge in [-0.25, -0.2) is 14.6 Å². The molecule has 1 saturated heterocycles. The third kappa shape index (κ3) is 2.15. The molecule has 0 aromatic carbocycles. The lowest BCUT2D eigenvalue weighted by Gasteiger charge is -2.34. The molecular weight excluding hydrogens is 302 g/mol. The molecule has 3 aromatic rings. The largest absolute Gasteiger partial charge is 0.339 e. The number of piperidine rings is 1. The maximum absolute atomic E-state index is 4.84. The van der Waals surface area contributed by atoms with Crippen molar-refractivity contribution in [1.29, 1.82) is 0 Å². The molecule has 21 heavy (non-hydrogen) atoms. The molecule has 0 unspecified atom stereocenters. The molecule has 0 bridgehead atoms. The molecule has 4 rings (SSSR count). The third-order valence-corrected chi connectivity index (χ3v) is 6.09. The lowest BCUT2D eigenvalue weighted by atomic mass is 10.0. The van der Waals surface area contributed by atoms with Crippen LogP contribution in [0.15, 0.2) is 11.6 Å². The Labute approximate surface area is 131 Å². The van der Waals surface area contributed by atoms with Gasteiger partial charge in [-0.1, -0.05) is 11.3 Å². The van der Waals surface area contributed by atoms with Crippen LogP contribution in [0.2, 0.25) is 0 Å². The van der Waals surface area contributed by atoms with Crippen LogP contribution in [0.3, 0.4) is 0 Å². The molecule has 1 aliphatic rings. The molecule has 0 spiro atoms. The molecule has 3 aromatic heterocycles. The van der Waals surface area contributed by atoms with Gasteiger partial charge in [0.1, 0.15) is 5.01 Å². The van der Waals surface area contributed by atoms with Crippen molar-refractivity contribution in [3.8, 4) is 0 Å². The summed E-state index contributed by atoms with van der Waals surface area (Å²) < 4.78 is 3.09. The van der Waals surface area contributed by atoms with Gasteiger partial charge in [-0.05, 0) is 26.2 Å². The second-order valence-electron chi connectivity index (χ2n) is 5.43. The Hall–Kier alpha value is -1.47. The highest BCUT2D eigenvalue weighted by Crippen LogP contribution is 2.39. The van der Waals surface area contributed by atoms with Crippen LogP contribution >= 0.6 is 22.7 Å². The van der Waals surface area contributed by atoms with Crippen LogP contribution < -0.4 is 4.90 Å². The summed E-state index contributed by atoms with van der Waals surface area (Å²) in [6, 6.07) is 0.382.